The normalized spacial score (nSPS) is 12.5. The van der Waals surface area contributed by atoms with Gasteiger partial charge in [0, 0.05) is 30.7 Å². The summed E-state index contributed by atoms with van der Waals surface area (Å²) in [6.07, 6.45) is 4.54. The predicted octanol–water partition coefficient (Wildman–Crippen LogP) is 4.17. The Morgan fingerprint density at radius 1 is 1.18 bits per heavy atom. The molecule has 0 aliphatic heterocycles. The summed E-state index contributed by atoms with van der Waals surface area (Å²) in [5, 5.41) is 1.15. The van der Waals surface area contributed by atoms with E-state index >= 15 is 0 Å². The van der Waals surface area contributed by atoms with E-state index in [0.717, 1.165) is 17.6 Å². The van der Waals surface area contributed by atoms with E-state index in [0.29, 0.717) is 6.42 Å². The molecule has 1 aromatic carbocycles. The number of benzene rings is 1. The zero-order chi connectivity index (χ0) is 15.5. The lowest BCUT2D eigenvalue weighted by atomic mass is 9.96. The third-order valence-corrected chi connectivity index (χ3v) is 3.98. The Bertz CT molecular complexity index is 790. The molecule has 0 N–H and O–H groups in total. The van der Waals surface area contributed by atoms with Gasteiger partial charge >= 0.3 is 0 Å². The van der Waals surface area contributed by atoms with Crippen molar-refractivity contribution in [3.8, 4) is 0 Å². The summed E-state index contributed by atoms with van der Waals surface area (Å²) in [6.45, 7) is 4.55. The SMILES string of the molecule is CC(=O)CC(C)c1cn(Cc2ccccc2)c2ncccc12. The number of Topliss-reactive ketones (excluding diaryl/α,β-unsaturated/α-hetero) is 1. The molecule has 0 saturated heterocycles. The van der Waals surface area contributed by atoms with Gasteiger partial charge < -0.3 is 9.36 Å². The Kier molecular flexibility index (Phi) is 4.05. The van der Waals surface area contributed by atoms with Crippen LogP contribution in [0.5, 0.6) is 0 Å². The van der Waals surface area contributed by atoms with E-state index in [9.17, 15) is 4.79 Å². The van der Waals surface area contributed by atoms with Crippen LogP contribution in [-0.2, 0) is 11.3 Å². The first-order valence-electron chi connectivity index (χ1n) is 7.62. The van der Waals surface area contributed by atoms with Gasteiger partial charge in [0.2, 0.25) is 0 Å². The third kappa shape index (κ3) is 2.93. The number of aromatic nitrogens is 2. The maximum absolute atomic E-state index is 11.4. The minimum atomic E-state index is 0.209. The molecule has 2 aromatic heterocycles. The number of nitrogens with zero attached hydrogens (tertiary/aromatic N) is 2. The number of ketones is 1. The van der Waals surface area contributed by atoms with Crippen LogP contribution in [0.25, 0.3) is 11.0 Å². The number of carbonyl (C=O) groups excluding carboxylic acids is 1. The molecule has 0 amide bonds. The van der Waals surface area contributed by atoms with Crippen LogP contribution in [0.15, 0.2) is 54.9 Å². The van der Waals surface area contributed by atoms with Crippen molar-refractivity contribution in [3.63, 3.8) is 0 Å². The van der Waals surface area contributed by atoms with Crippen LogP contribution in [-0.4, -0.2) is 15.3 Å². The molecule has 3 rings (SSSR count). The molecule has 3 heteroatoms. The zero-order valence-corrected chi connectivity index (χ0v) is 13.0. The van der Waals surface area contributed by atoms with E-state index in [2.05, 4.69) is 40.9 Å². The molecular formula is C19H20N2O. The van der Waals surface area contributed by atoms with Gasteiger partial charge in [0.1, 0.15) is 11.4 Å². The molecule has 3 aromatic rings. The highest BCUT2D eigenvalue weighted by Crippen LogP contribution is 2.29. The molecule has 2 heterocycles. The number of fused-ring (bicyclic) bond motifs is 1. The van der Waals surface area contributed by atoms with E-state index in [1.807, 2.05) is 30.5 Å². The molecule has 112 valence electrons. The van der Waals surface area contributed by atoms with Crippen molar-refractivity contribution >= 4 is 16.8 Å². The van der Waals surface area contributed by atoms with Crippen LogP contribution < -0.4 is 0 Å². The standard InChI is InChI=1S/C19H20N2O/c1-14(11-15(2)22)18-13-21(12-16-7-4-3-5-8-16)19-17(18)9-6-10-20-19/h3-10,13-14H,11-12H2,1-2H3. The second-order valence-corrected chi connectivity index (χ2v) is 5.88. The lowest BCUT2D eigenvalue weighted by Crippen LogP contribution is -2.00. The van der Waals surface area contributed by atoms with Crippen LogP contribution >= 0.6 is 0 Å². The molecule has 0 aliphatic rings. The summed E-state index contributed by atoms with van der Waals surface area (Å²) in [7, 11) is 0. The van der Waals surface area contributed by atoms with E-state index in [4.69, 9.17) is 0 Å². The van der Waals surface area contributed by atoms with E-state index < -0.39 is 0 Å². The van der Waals surface area contributed by atoms with Crippen molar-refractivity contribution in [1.82, 2.24) is 9.55 Å². The maximum Gasteiger partial charge on any atom is 0.140 e. The highest BCUT2D eigenvalue weighted by Gasteiger charge is 2.16. The molecular weight excluding hydrogens is 272 g/mol. The Hall–Kier alpha value is -2.42. The number of pyridine rings is 1. The Labute approximate surface area is 130 Å². The third-order valence-electron chi connectivity index (χ3n) is 3.98. The van der Waals surface area contributed by atoms with Crippen molar-refractivity contribution in [2.75, 3.05) is 0 Å². The molecule has 3 nitrogen and oxygen atoms in total. The Morgan fingerprint density at radius 2 is 1.95 bits per heavy atom. The molecule has 0 radical (unpaired) electrons. The van der Waals surface area contributed by atoms with Gasteiger partial charge in [-0.3, -0.25) is 0 Å². The van der Waals surface area contributed by atoms with Crippen LogP contribution in [0.4, 0.5) is 0 Å². The molecule has 0 fully saturated rings. The molecule has 1 atom stereocenters. The van der Waals surface area contributed by atoms with Crippen molar-refractivity contribution in [3.05, 3.63) is 66.0 Å². The number of rotatable bonds is 5. The summed E-state index contributed by atoms with van der Waals surface area (Å²) in [5.41, 5.74) is 3.43. The van der Waals surface area contributed by atoms with Crippen molar-refractivity contribution in [2.45, 2.75) is 32.7 Å². The van der Waals surface area contributed by atoms with Crippen molar-refractivity contribution < 1.29 is 4.79 Å². The highest BCUT2D eigenvalue weighted by atomic mass is 16.1. The summed E-state index contributed by atoms with van der Waals surface area (Å²) in [6, 6.07) is 14.4. The smallest absolute Gasteiger partial charge is 0.140 e. The minimum Gasteiger partial charge on any atom is -0.328 e. The maximum atomic E-state index is 11.4. The van der Waals surface area contributed by atoms with Gasteiger partial charge in [0.25, 0.3) is 0 Å². The molecule has 0 spiro atoms. The van der Waals surface area contributed by atoms with Gasteiger partial charge in [-0.15, -0.1) is 0 Å². The van der Waals surface area contributed by atoms with Crippen LogP contribution in [0, 0.1) is 0 Å². The highest BCUT2D eigenvalue weighted by molar-refractivity contribution is 5.83. The zero-order valence-electron chi connectivity index (χ0n) is 13.0. The molecule has 0 aliphatic carbocycles. The summed E-state index contributed by atoms with van der Waals surface area (Å²) < 4.78 is 2.18. The van der Waals surface area contributed by atoms with Crippen molar-refractivity contribution in [1.29, 1.82) is 0 Å². The van der Waals surface area contributed by atoms with Gasteiger partial charge in [-0.1, -0.05) is 37.3 Å². The largest absolute Gasteiger partial charge is 0.328 e. The van der Waals surface area contributed by atoms with Crippen LogP contribution in [0.3, 0.4) is 0 Å². The number of carbonyl (C=O) groups is 1. The average Bonchev–Trinajstić information content (AvgIpc) is 2.87. The van der Waals surface area contributed by atoms with Gasteiger partial charge in [0.05, 0.1) is 0 Å². The fourth-order valence-corrected chi connectivity index (χ4v) is 2.98. The molecule has 22 heavy (non-hydrogen) atoms. The second-order valence-electron chi connectivity index (χ2n) is 5.88. The first-order chi connectivity index (χ1) is 10.6. The lowest BCUT2D eigenvalue weighted by molar-refractivity contribution is -0.117. The number of hydrogen-bond acceptors (Lipinski definition) is 2. The van der Waals surface area contributed by atoms with Crippen molar-refractivity contribution in [2.24, 2.45) is 0 Å². The molecule has 0 saturated carbocycles. The fourth-order valence-electron chi connectivity index (χ4n) is 2.98. The Balaban J connectivity index is 2.02. The van der Waals surface area contributed by atoms with E-state index in [1.165, 1.54) is 11.1 Å². The fraction of sp³-hybridized carbons (Fsp3) is 0.263. The summed E-state index contributed by atoms with van der Waals surface area (Å²) >= 11 is 0. The minimum absolute atomic E-state index is 0.209. The first-order valence-corrected chi connectivity index (χ1v) is 7.62. The number of hydrogen-bond donors (Lipinski definition) is 0. The first kappa shape index (κ1) is 14.5. The quantitative estimate of drug-likeness (QED) is 0.707. The van der Waals surface area contributed by atoms with Gasteiger partial charge in [-0.25, -0.2) is 4.98 Å². The second kappa shape index (κ2) is 6.14. The molecule has 0 bridgehead atoms. The van der Waals surface area contributed by atoms with Gasteiger partial charge in [-0.2, -0.15) is 0 Å². The predicted molar refractivity (Wildman–Crippen MR) is 89.0 cm³/mol. The van der Waals surface area contributed by atoms with Gasteiger partial charge in [-0.05, 0) is 36.1 Å². The topological polar surface area (TPSA) is 34.9 Å². The van der Waals surface area contributed by atoms with E-state index in [-0.39, 0.29) is 11.7 Å². The van der Waals surface area contributed by atoms with Crippen LogP contribution in [0.1, 0.15) is 37.3 Å². The van der Waals surface area contributed by atoms with Gasteiger partial charge in [0.15, 0.2) is 0 Å². The summed E-state index contributed by atoms with van der Waals surface area (Å²) in [5.74, 6) is 0.432. The Morgan fingerprint density at radius 3 is 2.68 bits per heavy atom. The monoisotopic (exact) mass is 292 g/mol. The summed E-state index contributed by atoms with van der Waals surface area (Å²) in [4.78, 5) is 16.0. The van der Waals surface area contributed by atoms with E-state index in [1.54, 1.807) is 6.92 Å². The molecule has 1 unspecified atom stereocenters. The lowest BCUT2D eigenvalue weighted by Gasteiger charge is -2.07. The van der Waals surface area contributed by atoms with Crippen LogP contribution in [0.2, 0.25) is 0 Å². The average molecular weight is 292 g/mol.